The molecule has 1 heterocycles. The maximum atomic E-state index is 11.3. The Morgan fingerprint density at radius 2 is 2.15 bits per heavy atom. The first-order valence-electron chi connectivity index (χ1n) is 5.73. The molecule has 1 aromatic heterocycles. The molecule has 0 bridgehead atoms. The first kappa shape index (κ1) is 14.3. The minimum atomic E-state index is -1.10. The Hall–Kier alpha value is -2.08. The van der Waals surface area contributed by atoms with Crippen LogP contribution in [0.2, 0.25) is 0 Å². The van der Waals surface area contributed by atoms with E-state index in [4.69, 9.17) is 9.47 Å². The first-order chi connectivity index (χ1) is 9.52. The summed E-state index contributed by atoms with van der Waals surface area (Å²) in [5.74, 6) is -0.358. The average molecular weight is 338 g/mol. The van der Waals surface area contributed by atoms with Crippen LogP contribution in [0.5, 0.6) is 17.4 Å². The second-order valence-corrected chi connectivity index (χ2v) is 4.90. The van der Waals surface area contributed by atoms with Gasteiger partial charge in [0.05, 0.1) is 11.6 Å². The number of carbonyl (C=O) groups is 1. The SMILES string of the molecule is COc1cccc(C(=O)O)c1Oc1ncc(C)cc1Br. The highest BCUT2D eigenvalue weighted by Gasteiger charge is 2.18. The maximum absolute atomic E-state index is 11.3. The van der Waals surface area contributed by atoms with Gasteiger partial charge in [0.1, 0.15) is 5.56 Å². The van der Waals surface area contributed by atoms with Gasteiger partial charge in [-0.2, -0.15) is 0 Å². The summed E-state index contributed by atoms with van der Waals surface area (Å²) in [6.07, 6.45) is 1.63. The molecule has 20 heavy (non-hydrogen) atoms. The van der Waals surface area contributed by atoms with Crippen LogP contribution in [0, 0.1) is 6.92 Å². The number of aromatic carboxylic acids is 1. The number of carboxylic acids is 1. The number of hydrogen-bond donors (Lipinski definition) is 1. The number of para-hydroxylation sites is 1. The molecule has 2 rings (SSSR count). The molecule has 1 aromatic carbocycles. The number of hydrogen-bond acceptors (Lipinski definition) is 4. The number of nitrogens with zero attached hydrogens (tertiary/aromatic N) is 1. The number of methoxy groups -OCH3 is 1. The second-order valence-electron chi connectivity index (χ2n) is 4.04. The number of halogens is 1. The lowest BCUT2D eigenvalue weighted by Gasteiger charge is -2.13. The van der Waals surface area contributed by atoms with E-state index in [1.54, 1.807) is 18.3 Å². The molecule has 0 spiro atoms. The Morgan fingerprint density at radius 3 is 2.75 bits per heavy atom. The molecule has 0 unspecified atom stereocenters. The maximum Gasteiger partial charge on any atom is 0.339 e. The first-order valence-corrected chi connectivity index (χ1v) is 6.52. The zero-order chi connectivity index (χ0) is 14.7. The summed E-state index contributed by atoms with van der Waals surface area (Å²) < 4.78 is 11.4. The number of carboxylic acid groups (broad SMARTS) is 1. The van der Waals surface area contributed by atoms with Crippen LogP contribution in [-0.2, 0) is 0 Å². The molecular weight excluding hydrogens is 326 g/mol. The summed E-state index contributed by atoms with van der Waals surface area (Å²) in [5, 5.41) is 9.21. The average Bonchev–Trinajstić information content (AvgIpc) is 2.41. The van der Waals surface area contributed by atoms with Gasteiger partial charge in [0.2, 0.25) is 5.88 Å². The molecule has 5 nitrogen and oxygen atoms in total. The van der Waals surface area contributed by atoms with E-state index in [9.17, 15) is 9.90 Å². The number of aryl methyl sites for hydroxylation is 1. The smallest absolute Gasteiger partial charge is 0.339 e. The minimum absolute atomic E-state index is 0.0126. The molecule has 0 atom stereocenters. The lowest BCUT2D eigenvalue weighted by molar-refractivity contribution is 0.0693. The van der Waals surface area contributed by atoms with Gasteiger partial charge in [-0.05, 0) is 46.6 Å². The zero-order valence-corrected chi connectivity index (χ0v) is 12.5. The van der Waals surface area contributed by atoms with Crippen LogP contribution in [0.25, 0.3) is 0 Å². The third-order valence-electron chi connectivity index (χ3n) is 2.57. The lowest BCUT2D eigenvalue weighted by Crippen LogP contribution is -2.03. The predicted octanol–water partition coefficient (Wildman–Crippen LogP) is 3.65. The van der Waals surface area contributed by atoms with Crippen molar-refractivity contribution in [3.63, 3.8) is 0 Å². The molecular formula is C14H12BrNO4. The Balaban J connectivity index is 2.49. The van der Waals surface area contributed by atoms with Crippen molar-refractivity contribution in [2.24, 2.45) is 0 Å². The van der Waals surface area contributed by atoms with E-state index in [1.165, 1.54) is 13.2 Å². The molecule has 0 amide bonds. The van der Waals surface area contributed by atoms with Crippen LogP contribution in [0.15, 0.2) is 34.9 Å². The molecule has 0 saturated carbocycles. The monoisotopic (exact) mass is 337 g/mol. The third kappa shape index (κ3) is 2.91. The number of aromatic nitrogens is 1. The van der Waals surface area contributed by atoms with Crippen LogP contribution < -0.4 is 9.47 Å². The fourth-order valence-electron chi connectivity index (χ4n) is 1.64. The summed E-state index contributed by atoms with van der Waals surface area (Å²) in [6.45, 7) is 1.90. The van der Waals surface area contributed by atoms with Crippen LogP contribution in [-0.4, -0.2) is 23.2 Å². The van der Waals surface area contributed by atoms with E-state index in [0.29, 0.717) is 10.2 Å². The highest BCUT2D eigenvalue weighted by atomic mass is 79.9. The van der Waals surface area contributed by atoms with Gasteiger partial charge in [-0.15, -0.1) is 0 Å². The highest BCUT2D eigenvalue weighted by Crippen LogP contribution is 2.36. The van der Waals surface area contributed by atoms with Crippen molar-refractivity contribution in [2.45, 2.75) is 6.92 Å². The van der Waals surface area contributed by atoms with Gasteiger partial charge in [-0.1, -0.05) is 6.07 Å². The Morgan fingerprint density at radius 1 is 1.40 bits per heavy atom. The van der Waals surface area contributed by atoms with E-state index in [1.807, 2.05) is 13.0 Å². The summed E-state index contributed by atoms with van der Waals surface area (Å²) in [5.41, 5.74) is 0.973. The van der Waals surface area contributed by atoms with Crippen molar-refractivity contribution in [1.82, 2.24) is 4.98 Å². The number of benzene rings is 1. The molecule has 0 aliphatic carbocycles. The topological polar surface area (TPSA) is 68.7 Å². The molecule has 0 radical (unpaired) electrons. The normalized spacial score (nSPS) is 10.2. The van der Waals surface area contributed by atoms with Gasteiger partial charge in [-0.3, -0.25) is 0 Å². The molecule has 0 fully saturated rings. The quantitative estimate of drug-likeness (QED) is 0.922. The Bertz CT molecular complexity index is 658. The van der Waals surface area contributed by atoms with Crippen molar-refractivity contribution < 1.29 is 19.4 Å². The van der Waals surface area contributed by atoms with Crippen LogP contribution >= 0.6 is 15.9 Å². The van der Waals surface area contributed by atoms with E-state index in [-0.39, 0.29) is 17.2 Å². The number of ether oxygens (including phenoxy) is 2. The van der Waals surface area contributed by atoms with Crippen molar-refractivity contribution in [3.8, 4) is 17.4 Å². The summed E-state index contributed by atoms with van der Waals surface area (Å²) >= 11 is 3.34. The standard InChI is InChI=1S/C14H12BrNO4/c1-8-6-10(15)13(16-7-8)20-12-9(14(17)18)4-3-5-11(12)19-2/h3-7H,1-2H3,(H,17,18). The van der Waals surface area contributed by atoms with Crippen molar-refractivity contribution in [3.05, 3.63) is 46.1 Å². The molecule has 0 saturated heterocycles. The lowest BCUT2D eigenvalue weighted by atomic mass is 10.2. The fraction of sp³-hybridized carbons (Fsp3) is 0.143. The van der Waals surface area contributed by atoms with E-state index in [2.05, 4.69) is 20.9 Å². The molecule has 6 heteroatoms. The molecule has 2 aromatic rings. The van der Waals surface area contributed by atoms with Crippen LogP contribution in [0.1, 0.15) is 15.9 Å². The summed E-state index contributed by atoms with van der Waals surface area (Å²) in [6, 6.07) is 6.50. The van der Waals surface area contributed by atoms with Gasteiger partial charge < -0.3 is 14.6 Å². The van der Waals surface area contributed by atoms with E-state index < -0.39 is 5.97 Å². The van der Waals surface area contributed by atoms with Crippen molar-refractivity contribution in [1.29, 1.82) is 0 Å². The molecule has 0 aliphatic rings. The molecule has 1 N–H and O–H groups in total. The largest absolute Gasteiger partial charge is 0.493 e. The van der Waals surface area contributed by atoms with Gasteiger partial charge in [0.15, 0.2) is 11.5 Å². The zero-order valence-electron chi connectivity index (χ0n) is 10.9. The van der Waals surface area contributed by atoms with Gasteiger partial charge in [0, 0.05) is 6.20 Å². The second kappa shape index (κ2) is 5.92. The van der Waals surface area contributed by atoms with Crippen LogP contribution in [0.4, 0.5) is 0 Å². The van der Waals surface area contributed by atoms with Gasteiger partial charge in [0.25, 0.3) is 0 Å². The van der Waals surface area contributed by atoms with E-state index in [0.717, 1.165) is 5.56 Å². The third-order valence-corrected chi connectivity index (χ3v) is 3.14. The molecule has 104 valence electrons. The fourth-order valence-corrected chi connectivity index (χ4v) is 2.19. The van der Waals surface area contributed by atoms with Crippen LogP contribution in [0.3, 0.4) is 0 Å². The molecule has 0 aliphatic heterocycles. The number of pyridine rings is 1. The van der Waals surface area contributed by atoms with E-state index >= 15 is 0 Å². The summed E-state index contributed by atoms with van der Waals surface area (Å²) in [7, 11) is 1.45. The van der Waals surface area contributed by atoms with Crippen molar-refractivity contribution in [2.75, 3.05) is 7.11 Å². The highest BCUT2D eigenvalue weighted by molar-refractivity contribution is 9.10. The Kier molecular flexibility index (Phi) is 4.24. The van der Waals surface area contributed by atoms with Gasteiger partial charge >= 0.3 is 5.97 Å². The predicted molar refractivity (Wildman–Crippen MR) is 76.7 cm³/mol. The number of rotatable bonds is 4. The van der Waals surface area contributed by atoms with Crippen molar-refractivity contribution >= 4 is 21.9 Å². The van der Waals surface area contributed by atoms with Gasteiger partial charge in [-0.25, -0.2) is 9.78 Å². The summed E-state index contributed by atoms with van der Waals surface area (Å²) in [4.78, 5) is 15.4. The Labute approximate surface area is 124 Å². The minimum Gasteiger partial charge on any atom is -0.493 e.